The van der Waals surface area contributed by atoms with Gasteiger partial charge in [-0.2, -0.15) is 0 Å². The average Bonchev–Trinajstić information content (AvgIpc) is 2.28. The molecule has 1 aliphatic heterocycles. The van der Waals surface area contributed by atoms with Crippen LogP contribution in [-0.4, -0.2) is 36.0 Å². The molecule has 3 heteroatoms. The van der Waals surface area contributed by atoms with E-state index in [9.17, 15) is 4.79 Å². The Morgan fingerprint density at radius 1 is 1.22 bits per heavy atom. The Kier molecular flexibility index (Phi) is 6.13. The van der Waals surface area contributed by atoms with E-state index in [2.05, 4.69) is 37.9 Å². The zero-order valence-electron chi connectivity index (χ0n) is 12.7. The Morgan fingerprint density at radius 3 is 2.33 bits per heavy atom. The van der Waals surface area contributed by atoms with E-state index >= 15 is 0 Å². The van der Waals surface area contributed by atoms with Gasteiger partial charge in [0.25, 0.3) is 0 Å². The van der Waals surface area contributed by atoms with E-state index < -0.39 is 0 Å². The molecule has 0 aliphatic carbocycles. The SMILES string of the molecule is CCC(=O)N1CC(CC(C)C)NCC1CC(C)C. The summed E-state index contributed by atoms with van der Waals surface area (Å²) in [4.78, 5) is 14.2. The monoisotopic (exact) mass is 254 g/mol. The quantitative estimate of drug-likeness (QED) is 0.818. The molecule has 0 aromatic heterocycles. The fraction of sp³-hybridized carbons (Fsp3) is 0.933. The van der Waals surface area contributed by atoms with Crippen molar-refractivity contribution >= 4 is 5.91 Å². The number of piperazine rings is 1. The maximum atomic E-state index is 12.1. The van der Waals surface area contributed by atoms with E-state index in [0.717, 1.165) is 25.9 Å². The number of nitrogens with zero attached hydrogens (tertiary/aromatic N) is 1. The van der Waals surface area contributed by atoms with Crippen LogP contribution in [0.4, 0.5) is 0 Å². The number of amides is 1. The predicted octanol–water partition coefficient (Wildman–Crippen LogP) is 2.66. The normalized spacial score (nSPS) is 24.9. The second kappa shape index (κ2) is 7.13. The van der Waals surface area contributed by atoms with Gasteiger partial charge in [0.2, 0.25) is 5.91 Å². The number of rotatable bonds is 5. The van der Waals surface area contributed by atoms with Crippen LogP contribution in [0.25, 0.3) is 0 Å². The van der Waals surface area contributed by atoms with Crippen LogP contribution in [0.5, 0.6) is 0 Å². The highest BCUT2D eigenvalue weighted by Gasteiger charge is 2.30. The van der Waals surface area contributed by atoms with Crippen molar-refractivity contribution < 1.29 is 4.79 Å². The third kappa shape index (κ3) is 4.60. The molecule has 1 fully saturated rings. The van der Waals surface area contributed by atoms with Gasteiger partial charge in [-0.05, 0) is 24.7 Å². The number of hydrogen-bond acceptors (Lipinski definition) is 2. The van der Waals surface area contributed by atoms with Crippen LogP contribution in [0.1, 0.15) is 53.9 Å². The van der Waals surface area contributed by atoms with Crippen LogP contribution < -0.4 is 5.32 Å². The molecule has 0 bridgehead atoms. The van der Waals surface area contributed by atoms with Crippen molar-refractivity contribution in [3.63, 3.8) is 0 Å². The van der Waals surface area contributed by atoms with Crippen LogP contribution in [0.3, 0.4) is 0 Å². The van der Waals surface area contributed by atoms with E-state index in [-0.39, 0.29) is 0 Å². The van der Waals surface area contributed by atoms with Crippen molar-refractivity contribution in [2.24, 2.45) is 11.8 Å². The summed E-state index contributed by atoms with van der Waals surface area (Å²) >= 11 is 0. The van der Waals surface area contributed by atoms with Crippen molar-refractivity contribution in [2.75, 3.05) is 13.1 Å². The van der Waals surface area contributed by atoms with Gasteiger partial charge < -0.3 is 10.2 Å². The molecule has 1 saturated heterocycles. The molecule has 2 unspecified atom stereocenters. The summed E-state index contributed by atoms with van der Waals surface area (Å²) in [6, 6.07) is 0.866. The lowest BCUT2D eigenvalue weighted by atomic mass is 9.95. The zero-order valence-corrected chi connectivity index (χ0v) is 12.7. The summed E-state index contributed by atoms with van der Waals surface area (Å²) in [6.07, 6.45) is 2.89. The summed E-state index contributed by atoms with van der Waals surface area (Å²) < 4.78 is 0. The third-order valence-electron chi connectivity index (χ3n) is 3.62. The molecular formula is C15H30N2O. The Balaban J connectivity index is 2.63. The lowest BCUT2D eigenvalue weighted by Gasteiger charge is -2.41. The smallest absolute Gasteiger partial charge is 0.222 e. The topological polar surface area (TPSA) is 32.3 Å². The van der Waals surface area contributed by atoms with Gasteiger partial charge in [0.05, 0.1) is 0 Å². The van der Waals surface area contributed by atoms with Gasteiger partial charge >= 0.3 is 0 Å². The Bertz CT molecular complexity index is 263. The molecule has 0 radical (unpaired) electrons. The molecule has 106 valence electrons. The largest absolute Gasteiger partial charge is 0.337 e. The Labute approximate surface area is 112 Å². The molecule has 0 aromatic rings. The minimum atomic E-state index is 0.316. The minimum absolute atomic E-state index is 0.316. The molecule has 1 heterocycles. The summed E-state index contributed by atoms with van der Waals surface area (Å²) in [7, 11) is 0. The Morgan fingerprint density at radius 2 is 1.83 bits per heavy atom. The van der Waals surface area contributed by atoms with Gasteiger partial charge in [-0.25, -0.2) is 0 Å². The highest BCUT2D eigenvalue weighted by molar-refractivity contribution is 5.76. The predicted molar refractivity (Wildman–Crippen MR) is 76.5 cm³/mol. The van der Waals surface area contributed by atoms with Crippen molar-refractivity contribution in [1.29, 1.82) is 0 Å². The van der Waals surface area contributed by atoms with Crippen LogP contribution in [0.2, 0.25) is 0 Å². The maximum Gasteiger partial charge on any atom is 0.222 e. The fourth-order valence-electron chi connectivity index (χ4n) is 2.85. The molecule has 2 atom stereocenters. The van der Waals surface area contributed by atoms with E-state index in [1.54, 1.807) is 0 Å². The van der Waals surface area contributed by atoms with Gasteiger partial charge in [0.15, 0.2) is 0 Å². The summed E-state index contributed by atoms with van der Waals surface area (Å²) in [5, 5.41) is 3.62. The van der Waals surface area contributed by atoms with Crippen LogP contribution in [0, 0.1) is 11.8 Å². The van der Waals surface area contributed by atoms with Gasteiger partial charge in [-0.1, -0.05) is 34.6 Å². The molecule has 18 heavy (non-hydrogen) atoms. The molecular weight excluding hydrogens is 224 g/mol. The molecule has 1 aliphatic rings. The lowest BCUT2D eigenvalue weighted by Crippen LogP contribution is -2.58. The van der Waals surface area contributed by atoms with Crippen LogP contribution in [0.15, 0.2) is 0 Å². The van der Waals surface area contributed by atoms with Gasteiger partial charge in [0.1, 0.15) is 0 Å². The van der Waals surface area contributed by atoms with Crippen molar-refractivity contribution in [2.45, 2.75) is 66.0 Å². The van der Waals surface area contributed by atoms with E-state index in [4.69, 9.17) is 0 Å². The molecule has 1 rings (SSSR count). The molecule has 1 N–H and O–H groups in total. The second-order valence-electron chi connectivity index (χ2n) is 6.42. The first kappa shape index (κ1) is 15.5. The van der Waals surface area contributed by atoms with Gasteiger partial charge in [0, 0.05) is 31.6 Å². The number of nitrogens with one attached hydrogen (secondary N) is 1. The fourth-order valence-corrected chi connectivity index (χ4v) is 2.85. The van der Waals surface area contributed by atoms with Crippen molar-refractivity contribution in [1.82, 2.24) is 10.2 Å². The second-order valence-corrected chi connectivity index (χ2v) is 6.42. The first-order valence-electron chi connectivity index (χ1n) is 7.46. The molecule has 0 saturated carbocycles. The third-order valence-corrected chi connectivity index (χ3v) is 3.62. The molecule has 0 aromatic carbocycles. The summed E-state index contributed by atoms with van der Waals surface area (Å²) in [5.74, 6) is 1.64. The first-order chi connectivity index (χ1) is 8.43. The standard InChI is InChI=1S/C15H30N2O/c1-6-15(18)17-10-13(7-11(2)3)16-9-14(17)8-12(4)5/h11-14,16H,6-10H2,1-5H3. The molecule has 1 amide bonds. The lowest BCUT2D eigenvalue weighted by molar-refractivity contribution is -0.135. The first-order valence-corrected chi connectivity index (χ1v) is 7.46. The van der Waals surface area contributed by atoms with Crippen LogP contribution in [-0.2, 0) is 4.79 Å². The Hall–Kier alpha value is -0.570. The summed E-state index contributed by atoms with van der Waals surface area (Å²) in [6.45, 7) is 12.8. The zero-order chi connectivity index (χ0) is 13.7. The van der Waals surface area contributed by atoms with Gasteiger partial charge in [-0.3, -0.25) is 4.79 Å². The molecule has 0 spiro atoms. The maximum absolute atomic E-state index is 12.1. The van der Waals surface area contributed by atoms with Crippen molar-refractivity contribution in [3.05, 3.63) is 0 Å². The average molecular weight is 254 g/mol. The highest BCUT2D eigenvalue weighted by Crippen LogP contribution is 2.19. The number of carbonyl (C=O) groups is 1. The highest BCUT2D eigenvalue weighted by atomic mass is 16.2. The van der Waals surface area contributed by atoms with E-state index in [1.165, 1.54) is 0 Å². The molecule has 3 nitrogen and oxygen atoms in total. The van der Waals surface area contributed by atoms with E-state index in [1.807, 2.05) is 6.92 Å². The van der Waals surface area contributed by atoms with E-state index in [0.29, 0.717) is 36.2 Å². The van der Waals surface area contributed by atoms with Crippen LogP contribution >= 0.6 is 0 Å². The number of hydrogen-bond donors (Lipinski definition) is 1. The summed E-state index contributed by atoms with van der Waals surface area (Å²) in [5.41, 5.74) is 0. The van der Waals surface area contributed by atoms with Gasteiger partial charge in [-0.15, -0.1) is 0 Å². The van der Waals surface area contributed by atoms with Crippen molar-refractivity contribution in [3.8, 4) is 0 Å². The number of carbonyl (C=O) groups excluding carboxylic acids is 1. The minimum Gasteiger partial charge on any atom is -0.337 e.